The first-order valence-electron chi connectivity index (χ1n) is 6.14. The smallest absolute Gasteiger partial charge is 0.327 e. The summed E-state index contributed by atoms with van der Waals surface area (Å²) in [4.78, 5) is 23.1. The van der Waals surface area contributed by atoms with Crippen LogP contribution in [0.3, 0.4) is 0 Å². The third-order valence-electron chi connectivity index (χ3n) is 2.94. The van der Waals surface area contributed by atoms with Gasteiger partial charge in [-0.05, 0) is 19.1 Å². The van der Waals surface area contributed by atoms with E-state index >= 15 is 0 Å². The van der Waals surface area contributed by atoms with E-state index in [1.54, 1.807) is 6.92 Å². The Balaban J connectivity index is 3.07. The number of carbonyl (C=O) groups excluding carboxylic acids is 1. The number of carbonyl (C=O) groups is 2. The van der Waals surface area contributed by atoms with Crippen molar-refractivity contribution in [1.29, 1.82) is 0 Å². The summed E-state index contributed by atoms with van der Waals surface area (Å²) >= 11 is 0. The average Bonchev–Trinajstić information content (AvgIpc) is 2.46. The molecule has 6 nitrogen and oxygen atoms in total. The second-order valence-electron chi connectivity index (χ2n) is 4.28. The van der Waals surface area contributed by atoms with Crippen LogP contribution in [0, 0.1) is 19.3 Å². The zero-order chi connectivity index (χ0) is 16.0. The second-order valence-corrected chi connectivity index (χ2v) is 4.28. The Labute approximate surface area is 123 Å². The van der Waals surface area contributed by atoms with E-state index in [1.807, 2.05) is 0 Å². The zero-order valence-electron chi connectivity index (χ0n) is 12.1. The maximum absolute atomic E-state index is 12.1. The van der Waals surface area contributed by atoms with Gasteiger partial charge in [0.1, 0.15) is 17.5 Å². The molecule has 0 heterocycles. The van der Waals surface area contributed by atoms with Gasteiger partial charge < -0.3 is 19.9 Å². The molecule has 0 spiro atoms. The maximum atomic E-state index is 12.1. The van der Waals surface area contributed by atoms with Crippen molar-refractivity contribution >= 4 is 11.9 Å². The summed E-state index contributed by atoms with van der Waals surface area (Å²) in [6.45, 7) is 1.79. The fourth-order valence-corrected chi connectivity index (χ4v) is 1.78. The lowest BCUT2D eigenvalue weighted by molar-refractivity contribution is -0.139. The number of terminal acetylenes is 1. The van der Waals surface area contributed by atoms with Crippen molar-refractivity contribution in [3.8, 4) is 23.8 Å². The van der Waals surface area contributed by atoms with E-state index < -0.39 is 17.9 Å². The Morgan fingerprint density at radius 2 is 1.86 bits per heavy atom. The molecule has 0 bridgehead atoms. The molecule has 1 rings (SSSR count). The molecule has 1 aromatic rings. The van der Waals surface area contributed by atoms with Crippen LogP contribution in [0.15, 0.2) is 12.1 Å². The largest absolute Gasteiger partial charge is 0.496 e. The summed E-state index contributed by atoms with van der Waals surface area (Å²) in [5.74, 6) is 1.42. The van der Waals surface area contributed by atoms with E-state index in [4.69, 9.17) is 21.0 Å². The van der Waals surface area contributed by atoms with E-state index in [0.717, 1.165) is 5.56 Å². The topological polar surface area (TPSA) is 84.9 Å². The molecule has 0 saturated heterocycles. The van der Waals surface area contributed by atoms with Gasteiger partial charge in [0, 0.05) is 17.5 Å². The third kappa shape index (κ3) is 3.89. The van der Waals surface area contributed by atoms with Gasteiger partial charge >= 0.3 is 5.97 Å². The highest BCUT2D eigenvalue weighted by atomic mass is 16.5. The summed E-state index contributed by atoms with van der Waals surface area (Å²) in [6.07, 6.45) is 4.99. The molecular weight excluding hydrogens is 274 g/mol. The molecule has 0 aliphatic rings. The molecule has 6 heteroatoms. The van der Waals surface area contributed by atoms with Crippen molar-refractivity contribution in [2.24, 2.45) is 0 Å². The number of carboxylic acids is 1. The van der Waals surface area contributed by atoms with Crippen molar-refractivity contribution in [2.45, 2.75) is 19.4 Å². The number of ether oxygens (including phenoxy) is 2. The van der Waals surface area contributed by atoms with E-state index in [1.165, 1.54) is 26.4 Å². The van der Waals surface area contributed by atoms with Crippen molar-refractivity contribution < 1.29 is 24.2 Å². The molecular formula is C15H17NO5. The van der Waals surface area contributed by atoms with Crippen molar-refractivity contribution in [3.05, 3.63) is 23.3 Å². The minimum absolute atomic E-state index is 0.0960. The predicted octanol–water partition coefficient (Wildman–Crippen LogP) is 1.22. The van der Waals surface area contributed by atoms with Gasteiger partial charge in [-0.25, -0.2) is 4.79 Å². The standard InChI is InChI=1S/C15H17NO5/c1-5-6-11(15(18)19)16-14(17)10-7-12(20-3)9(2)13(8-10)21-4/h1,7-8,11H,6H2,2-4H3,(H,16,17)(H,18,19). The molecule has 1 amide bonds. The van der Waals surface area contributed by atoms with Gasteiger partial charge in [-0.2, -0.15) is 0 Å². The Hall–Kier alpha value is -2.68. The lowest BCUT2D eigenvalue weighted by Gasteiger charge is -2.15. The van der Waals surface area contributed by atoms with Crippen LogP contribution in [-0.2, 0) is 4.79 Å². The number of hydrogen-bond acceptors (Lipinski definition) is 4. The molecule has 0 aromatic heterocycles. The Morgan fingerprint density at radius 1 is 1.33 bits per heavy atom. The fourth-order valence-electron chi connectivity index (χ4n) is 1.78. The van der Waals surface area contributed by atoms with Crippen molar-refractivity contribution in [3.63, 3.8) is 0 Å². The van der Waals surface area contributed by atoms with E-state index in [0.29, 0.717) is 11.5 Å². The number of aliphatic carboxylic acids is 1. The normalized spacial score (nSPS) is 11.1. The Morgan fingerprint density at radius 3 is 2.24 bits per heavy atom. The molecule has 21 heavy (non-hydrogen) atoms. The van der Waals surface area contributed by atoms with Crippen LogP contribution in [0.1, 0.15) is 22.3 Å². The fraction of sp³-hybridized carbons (Fsp3) is 0.333. The highest BCUT2D eigenvalue weighted by Crippen LogP contribution is 2.29. The molecule has 0 fully saturated rings. The number of carboxylic acid groups (broad SMARTS) is 1. The zero-order valence-corrected chi connectivity index (χ0v) is 12.1. The summed E-state index contributed by atoms with van der Waals surface area (Å²) in [7, 11) is 2.95. The van der Waals surface area contributed by atoms with E-state index in [-0.39, 0.29) is 12.0 Å². The van der Waals surface area contributed by atoms with E-state index in [9.17, 15) is 9.59 Å². The van der Waals surface area contributed by atoms with Crippen LogP contribution in [0.2, 0.25) is 0 Å². The van der Waals surface area contributed by atoms with Gasteiger partial charge in [0.25, 0.3) is 5.91 Å². The number of hydrogen-bond donors (Lipinski definition) is 2. The molecule has 112 valence electrons. The second kappa shape index (κ2) is 7.20. The van der Waals surface area contributed by atoms with Crippen LogP contribution in [0.4, 0.5) is 0 Å². The molecule has 0 aliphatic heterocycles. The van der Waals surface area contributed by atoms with Crippen LogP contribution in [-0.4, -0.2) is 37.2 Å². The minimum Gasteiger partial charge on any atom is -0.496 e. The van der Waals surface area contributed by atoms with E-state index in [2.05, 4.69) is 11.2 Å². The first-order chi connectivity index (χ1) is 9.94. The first-order valence-corrected chi connectivity index (χ1v) is 6.14. The summed E-state index contributed by atoms with van der Waals surface area (Å²) in [5, 5.41) is 11.3. The predicted molar refractivity (Wildman–Crippen MR) is 76.6 cm³/mol. The third-order valence-corrected chi connectivity index (χ3v) is 2.94. The van der Waals surface area contributed by atoms with Gasteiger partial charge in [-0.1, -0.05) is 0 Å². The van der Waals surface area contributed by atoms with Gasteiger partial charge in [-0.15, -0.1) is 12.3 Å². The maximum Gasteiger partial charge on any atom is 0.327 e. The Kier molecular flexibility index (Phi) is 5.61. The van der Waals surface area contributed by atoms with Crippen LogP contribution >= 0.6 is 0 Å². The number of amides is 1. The number of nitrogens with one attached hydrogen (secondary N) is 1. The molecule has 1 aromatic carbocycles. The lowest BCUT2D eigenvalue weighted by Crippen LogP contribution is -2.40. The number of methoxy groups -OCH3 is 2. The number of benzene rings is 1. The summed E-state index contributed by atoms with van der Waals surface area (Å²) in [5.41, 5.74) is 0.979. The summed E-state index contributed by atoms with van der Waals surface area (Å²) < 4.78 is 10.3. The quantitative estimate of drug-likeness (QED) is 0.770. The highest BCUT2D eigenvalue weighted by Gasteiger charge is 2.21. The van der Waals surface area contributed by atoms with Crippen LogP contribution in [0.25, 0.3) is 0 Å². The monoisotopic (exact) mass is 291 g/mol. The van der Waals surface area contributed by atoms with Crippen molar-refractivity contribution in [2.75, 3.05) is 14.2 Å². The summed E-state index contributed by atoms with van der Waals surface area (Å²) in [6, 6.07) is 1.89. The van der Waals surface area contributed by atoms with Gasteiger partial charge in [0.2, 0.25) is 0 Å². The highest BCUT2D eigenvalue weighted by molar-refractivity contribution is 5.97. The Bertz CT molecular complexity index is 563. The number of rotatable bonds is 6. The molecule has 2 N–H and O–H groups in total. The molecule has 0 saturated carbocycles. The van der Waals surface area contributed by atoms with Gasteiger partial charge in [-0.3, -0.25) is 4.79 Å². The molecule has 0 radical (unpaired) electrons. The van der Waals surface area contributed by atoms with Gasteiger partial charge in [0.05, 0.1) is 14.2 Å². The minimum atomic E-state index is -1.19. The van der Waals surface area contributed by atoms with Crippen LogP contribution < -0.4 is 14.8 Å². The molecule has 1 atom stereocenters. The lowest BCUT2D eigenvalue weighted by atomic mass is 10.1. The van der Waals surface area contributed by atoms with Crippen molar-refractivity contribution in [1.82, 2.24) is 5.32 Å². The average molecular weight is 291 g/mol. The van der Waals surface area contributed by atoms with Crippen LogP contribution in [0.5, 0.6) is 11.5 Å². The molecule has 1 unspecified atom stereocenters. The van der Waals surface area contributed by atoms with Gasteiger partial charge in [0.15, 0.2) is 0 Å². The SMILES string of the molecule is C#CCC(NC(=O)c1cc(OC)c(C)c(OC)c1)C(=O)O. The molecule has 0 aliphatic carbocycles. The first kappa shape index (κ1) is 16.4.